The number of fused-ring (bicyclic) bond motifs is 1. The van der Waals surface area contributed by atoms with Gasteiger partial charge in [0.1, 0.15) is 0 Å². The predicted molar refractivity (Wildman–Crippen MR) is 89.3 cm³/mol. The van der Waals surface area contributed by atoms with Gasteiger partial charge in [0.2, 0.25) is 0 Å². The molecule has 1 heterocycles. The topological polar surface area (TPSA) is 58.4 Å². The third-order valence-electron chi connectivity index (χ3n) is 4.01. The van der Waals surface area contributed by atoms with Crippen LogP contribution in [0, 0.1) is 0 Å². The van der Waals surface area contributed by atoms with Gasteiger partial charge in [-0.15, -0.1) is 11.3 Å². The van der Waals surface area contributed by atoms with Crippen molar-refractivity contribution in [3.63, 3.8) is 0 Å². The van der Waals surface area contributed by atoms with Crippen LogP contribution in [-0.2, 0) is 6.54 Å². The second kappa shape index (κ2) is 7.02. The molecule has 1 amide bonds. The molecular weight excluding hydrogens is 282 g/mol. The van der Waals surface area contributed by atoms with Crippen molar-refractivity contribution in [1.29, 1.82) is 0 Å². The lowest BCUT2D eigenvalue weighted by Gasteiger charge is -2.26. The molecule has 0 saturated carbocycles. The minimum Gasteiger partial charge on any atom is -0.299 e. The van der Waals surface area contributed by atoms with E-state index in [2.05, 4.69) is 37.3 Å². The standard InChI is InChI=1S/C16H23N3OS/c1-4-11(5-2)19(3)10-13-12-8-6-7-9-14(12)21-15(13)16(20)18-17/h6-9,11H,4-5,10,17H2,1-3H3,(H,18,20). The minimum atomic E-state index is -0.204. The fourth-order valence-corrected chi connectivity index (χ4v) is 3.91. The summed E-state index contributed by atoms with van der Waals surface area (Å²) in [6, 6.07) is 8.66. The number of carbonyl (C=O) groups excluding carboxylic acids is 1. The van der Waals surface area contributed by atoms with Gasteiger partial charge in [-0.25, -0.2) is 5.84 Å². The maximum Gasteiger partial charge on any atom is 0.275 e. The average molecular weight is 305 g/mol. The van der Waals surface area contributed by atoms with Crippen LogP contribution >= 0.6 is 11.3 Å². The predicted octanol–water partition coefficient (Wildman–Crippen LogP) is 3.13. The van der Waals surface area contributed by atoms with Crippen LogP contribution in [0.5, 0.6) is 0 Å². The number of amides is 1. The zero-order valence-corrected chi connectivity index (χ0v) is 13.7. The summed E-state index contributed by atoms with van der Waals surface area (Å²) in [7, 11) is 2.12. The van der Waals surface area contributed by atoms with Crippen LogP contribution in [-0.4, -0.2) is 23.9 Å². The maximum atomic E-state index is 12.1. The van der Waals surface area contributed by atoms with Crippen LogP contribution < -0.4 is 11.3 Å². The molecule has 2 rings (SSSR count). The first-order chi connectivity index (χ1) is 10.1. The molecule has 1 aromatic carbocycles. The quantitative estimate of drug-likeness (QED) is 0.490. The second-order valence-electron chi connectivity index (χ2n) is 5.26. The first-order valence-electron chi connectivity index (χ1n) is 7.33. The Kier molecular flexibility index (Phi) is 5.33. The van der Waals surface area contributed by atoms with Crippen molar-refractivity contribution in [2.75, 3.05) is 7.05 Å². The third-order valence-corrected chi connectivity index (χ3v) is 5.22. The Balaban J connectivity index is 2.42. The highest BCUT2D eigenvalue weighted by Gasteiger charge is 2.20. The molecule has 0 radical (unpaired) electrons. The number of thiophene rings is 1. The van der Waals surface area contributed by atoms with Crippen molar-refractivity contribution in [3.05, 3.63) is 34.7 Å². The van der Waals surface area contributed by atoms with Crippen LogP contribution in [0.1, 0.15) is 41.9 Å². The molecule has 5 heteroatoms. The van der Waals surface area contributed by atoms with E-state index in [4.69, 9.17) is 5.84 Å². The lowest BCUT2D eigenvalue weighted by Crippen LogP contribution is -2.33. The van der Waals surface area contributed by atoms with E-state index >= 15 is 0 Å². The van der Waals surface area contributed by atoms with Gasteiger partial charge in [-0.3, -0.25) is 15.1 Å². The highest BCUT2D eigenvalue weighted by Crippen LogP contribution is 2.32. The van der Waals surface area contributed by atoms with Crippen LogP contribution in [0.3, 0.4) is 0 Å². The maximum absolute atomic E-state index is 12.1. The number of carbonyl (C=O) groups is 1. The van der Waals surface area contributed by atoms with Gasteiger partial charge in [-0.05, 0) is 36.9 Å². The summed E-state index contributed by atoms with van der Waals surface area (Å²) in [5.41, 5.74) is 3.34. The number of nitrogen functional groups attached to an aromatic ring is 1. The summed E-state index contributed by atoms with van der Waals surface area (Å²) in [5.74, 6) is 5.13. The number of rotatable bonds is 6. The molecule has 1 aromatic heterocycles. The van der Waals surface area contributed by atoms with Gasteiger partial charge in [-0.2, -0.15) is 0 Å². The molecule has 0 saturated heterocycles. The Morgan fingerprint density at radius 1 is 1.33 bits per heavy atom. The van der Waals surface area contributed by atoms with Gasteiger partial charge in [0.15, 0.2) is 0 Å². The molecular formula is C16H23N3OS. The summed E-state index contributed by atoms with van der Waals surface area (Å²) in [5, 5.41) is 1.15. The van der Waals surface area contributed by atoms with Gasteiger partial charge in [0.05, 0.1) is 4.88 Å². The lowest BCUT2D eigenvalue weighted by molar-refractivity contribution is 0.0955. The zero-order chi connectivity index (χ0) is 15.4. The smallest absolute Gasteiger partial charge is 0.275 e. The monoisotopic (exact) mass is 305 g/mol. The molecule has 0 aliphatic rings. The lowest BCUT2D eigenvalue weighted by atomic mass is 10.1. The van der Waals surface area contributed by atoms with E-state index in [1.54, 1.807) is 0 Å². The van der Waals surface area contributed by atoms with Crippen molar-refractivity contribution in [2.45, 2.75) is 39.3 Å². The van der Waals surface area contributed by atoms with Crippen molar-refractivity contribution >= 4 is 27.3 Å². The summed E-state index contributed by atoms with van der Waals surface area (Å²) < 4.78 is 1.13. The molecule has 0 aliphatic carbocycles. The van der Waals surface area contributed by atoms with E-state index in [9.17, 15) is 4.79 Å². The fourth-order valence-electron chi connectivity index (χ4n) is 2.80. The van der Waals surface area contributed by atoms with Gasteiger partial charge in [0, 0.05) is 17.3 Å². The first-order valence-corrected chi connectivity index (χ1v) is 8.15. The van der Waals surface area contributed by atoms with Gasteiger partial charge >= 0.3 is 0 Å². The third kappa shape index (κ3) is 3.26. The van der Waals surface area contributed by atoms with Gasteiger partial charge in [-0.1, -0.05) is 32.0 Å². The average Bonchev–Trinajstić information content (AvgIpc) is 2.86. The van der Waals surface area contributed by atoms with Crippen LogP contribution in [0.2, 0.25) is 0 Å². The molecule has 0 spiro atoms. The largest absolute Gasteiger partial charge is 0.299 e. The van der Waals surface area contributed by atoms with Crippen molar-refractivity contribution in [2.24, 2.45) is 5.84 Å². The molecule has 0 atom stereocenters. The van der Waals surface area contributed by atoms with Crippen LogP contribution in [0.25, 0.3) is 10.1 Å². The van der Waals surface area contributed by atoms with Gasteiger partial charge < -0.3 is 0 Å². The second-order valence-corrected chi connectivity index (χ2v) is 6.32. The zero-order valence-electron chi connectivity index (χ0n) is 12.8. The fraction of sp³-hybridized carbons (Fsp3) is 0.438. The summed E-state index contributed by atoms with van der Waals surface area (Å²) in [6.45, 7) is 5.16. The summed E-state index contributed by atoms with van der Waals surface area (Å²) >= 11 is 1.51. The highest BCUT2D eigenvalue weighted by molar-refractivity contribution is 7.21. The SMILES string of the molecule is CCC(CC)N(C)Cc1c(C(=O)NN)sc2ccccc12. The Labute approximate surface area is 129 Å². The first kappa shape index (κ1) is 15.9. The summed E-state index contributed by atoms with van der Waals surface area (Å²) in [6.07, 6.45) is 2.21. The molecule has 4 nitrogen and oxygen atoms in total. The molecule has 3 N–H and O–H groups in total. The normalized spacial score (nSPS) is 11.5. The molecule has 0 unspecified atom stereocenters. The van der Waals surface area contributed by atoms with E-state index in [1.807, 2.05) is 18.2 Å². The number of nitrogens with zero attached hydrogens (tertiary/aromatic N) is 1. The van der Waals surface area contributed by atoms with E-state index < -0.39 is 0 Å². The van der Waals surface area contributed by atoms with Crippen molar-refractivity contribution < 1.29 is 4.79 Å². The van der Waals surface area contributed by atoms with Crippen molar-refractivity contribution in [1.82, 2.24) is 10.3 Å². The molecule has 0 bridgehead atoms. The van der Waals surface area contributed by atoms with Crippen LogP contribution in [0.15, 0.2) is 24.3 Å². The molecule has 2 aromatic rings. The number of hydrogen-bond donors (Lipinski definition) is 2. The molecule has 0 aliphatic heterocycles. The number of hydrazine groups is 1. The van der Waals surface area contributed by atoms with E-state index in [-0.39, 0.29) is 5.91 Å². The van der Waals surface area contributed by atoms with Gasteiger partial charge in [0.25, 0.3) is 5.91 Å². The number of nitrogens with one attached hydrogen (secondary N) is 1. The number of benzene rings is 1. The minimum absolute atomic E-state index is 0.204. The Bertz CT molecular complexity index is 619. The molecule has 21 heavy (non-hydrogen) atoms. The van der Waals surface area contributed by atoms with Crippen molar-refractivity contribution in [3.8, 4) is 0 Å². The molecule has 114 valence electrons. The van der Waals surface area contributed by atoms with E-state index in [0.717, 1.165) is 39.9 Å². The summed E-state index contributed by atoms with van der Waals surface area (Å²) in [4.78, 5) is 15.1. The van der Waals surface area contributed by atoms with E-state index in [0.29, 0.717) is 6.04 Å². The number of nitrogens with two attached hydrogens (primary N) is 1. The Hall–Kier alpha value is -1.43. The van der Waals surface area contributed by atoms with Crippen LogP contribution in [0.4, 0.5) is 0 Å². The highest BCUT2D eigenvalue weighted by atomic mass is 32.1. The Morgan fingerprint density at radius 3 is 2.62 bits per heavy atom. The molecule has 0 fully saturated rings. The van der Waals surface area contributed by atoms with E-state index in [1.165, 1.54) is 11.3 Å². The Morgan fingerprint density at radius 2 is 2.00 bits per heavy atom. The number of hydrogen-bond acceptors (Lipinski definition) is 4.